The molecule has 0 aliphatic heterocycles. The van der Waals surface area contributed by atoms with Gasteiger partial charge in [0.15, 0.2) is 0 Å². The first-order chi connectivity index (χ1) is 16.0. The fourth-order valence-corrected chi connectivity index (χ4v) is 3.60. The third-order valence-electron chi connectivity index (χ3n) is 5.04. The van der Waals surface area contributed by atoms with E-state index in [4.69, 9.17) is 18.9 Å². The molecule has 8 heteroatoms. The van der Waals surface area contributed by atoms with Crippen LogP contribution < -0.4 is 9.47 Å². The lowest BCUT2D eigenvalue weighted by atomic mass is 10.1. The van der Waals surface area contributed by atoms with Gasteiger partial charge in [-0.3, -0.25) is 0 Å². The van der Waals surface area contributed by atoms with Crippen LogP contribution in [0.3, 0.4) is 0 Å². The zero-order chi connectivity index (χ0) is 25.3. The van der Waals surface area contributed by atoms with Crippen LogP contribution in [-0.4, -0.2) is 49.4 Å². The molecule has 0 aliphatic rings. The molecule has 34 heavy (non-hydrogen) atoms. The predicted octanol–water partition coefficient (Wildman–Crippen LogP) is 6.23. The molecule has 2 aromatic carbocycles. The SMILES string of the molecule is COC(=O)c1ccc(Br)cc1OCCC[C@@H](C)N(Cc1ccc(OC)cc1)C(=O)OC(C)(C)C. The fourth-order valence-electron chi connectivity index (χ4n) is 3.26. The zero-order valence-electron chi connectivity index (χ0n) is 20.7. The molecule has 0 N–H and O–H groups in total. The number of hydrogen-bond donors (Lipinski definition) is 0. The summed E-state index contributed by atoms with van der Waals surface area (Å²) in [6, 6.07) is 12.7. The number of benzene rings is 2. The summed E-state index contributed by atoms with van der Waals surface area (Å²) in [5, 5.41) is 0. The van der Waals surface area contributed by atoms with Crippen molar-refractivity contribution in [2.24, 2.45) is 0 Å². The summed E-state index contributed by atoms with van der Waals surface area (Å²) in [5.41, 5.74) is 0.753. The van der Waals surface area contributed by atoms with Crippen molar-refractivity contribution in [3.8, 4) is 11.5 Å². The van der Waals surface area contributed by atoms with Crippen molar-refractivity contribution in [2.75, 3.05) is 20.8 Å². The highest BCUT2D eigenvalue weighted by molar-refractivity contribution is 9.10. The standard InChI is InChI=1S/C26H34BrNO6/c1-18(8-7-15-33-23-16-20(27)11-14-22(23)24(29)32-6)28(25(30)34-26(2,3)4)17-19-9-12-21(31-5)13-10-19/h9-14,16,18H,7-8,15,17H2,1-6H3/t18-/m1/s1. The van der Waals surface area contributed by atoms with Crippen LogP contribution in [0.1, 0.15) is 56.5 Å². The molecule has 0 saturated carbocycles. The third-order valence-corrected chi connectivity index (χ3v) is 5.54. The van der Waals surface area contributed by atoms with Crippen LogP contribution in [-0.2, 0) is 16.0 Å². The highest BCUT2D eigenvalue weighted by Gasteiger charge is 2.26. The maximum atomic E-state index is 13.0. The molecule has 7 nitrogen and oxygen atoms in total. The van der Waals surface area contributed by atoms with Gasteiger partial charge in [0.2, 0.25) is 0 Å². The van der Waals surface area contributed by atoms with Gasteiger partial charge >= 0.3 is 12.1 Å². The highest BCUT2D eigenvalue weighted by Crippen LogP contribution is 2.25. The minimum Gasteiger partial charge on any atom is -0.497 e. The number of amides is 1. The first-order valence-electron chi connectivity index (χ1n) is 11.2. The van der Waals surface area contributed by atoms with E-state index < -0.39 is 11.6 Å². The van der Waals surface area contributed by atoms with Crippen molar-refractivity contribution in [3.63, 3.8) is 0 Å². The second kappa shape index (κ2) is 12.6. The Morgan fingerprint density at radius 2 is 1.74 bits per heavy atom. The highest BCUT2D eigenvalue weighted by atomic mass is 79.9. The number of halogens is 1. The Morgan fingerprint density at radius 3 is 2.32 bits per heavy atom. The van der Waals surface area contributed by atoms with Crippen LogP contribution in [0.5, 0.6) is 11.5 Å². The van der Waals surface area contributed by atoms with Crippen LogP contribution in [0.2, 0.25) is 0 Å². The van der Waals surface area contributed by atoms with E-state index in [2.05, 4.69) is 15.9 Å². The number of carbonyl (C=O) groups is 2. The Labute approximate surface area is 210 Å². The molecule has 0 radical (unpaired) electrons. The lowest BCUT2D eigenvalue weighted by Gasteiger charge is -2.32. The average Bonchev–Trinajstić information content (AvgIpc) is 2.79. The number of ether oxygens (including phenoxy) is 4. The van der Waals surface area contributed by atoms with Gasteiger partial charge in [-0.05, 0) is 76.4 Å². The number of methoxy groups -OCH3 is 2. The van der Waals surface area contributed by atoms with E-state index in [-0.39, 0.29) is 12.1 Å². The molecule has 0 heterocycles. The second-order valence-electron chi connectivity index (χ2n) is 8.93. The minimum atomic E-state index is -0.594. The van der Waals surface area contributed by atoms with Gasteiger partial charge in [-0.1, -0.05) is 28.1 Å². The molecular formula is C26H34BrNO6. The minimum absolute atomic E-state index is 0.0943. The molecule has 0 aliphatic carbocycles. The summed E-state index contributed by atoms with van der Waals surface area (Å²) in [7, 11) is 2.96. The van der Waals surface area contributed by atoms with Gasteiger partial charge in [-0.25, -0.2) is 9.59 Å². The Balaban J connectivity index is 2.04. The number of esters is 1. The van der Waals surface area contributed by atoms with Crippen molar-refractivity contribution in [3.05, 3.63) is 58.1 Å². The van der Waals surface area contributed by atoms with Crippen LogP contribution in [0, 0.1) is 0 Å². The van der Waals surface area contributed by atoms with E-state index in [0.717, 1.165) is 15.8 Å². The van der Waals surface area contributed by atoms with E-state index in [1.165, 1.54) is 7.11 Å². The number of carbonyl (C=O) groups excluding carboxylic acids is 2. The molecule has 2 rings (SSSR count). The molecule has 0 saturated heterocycles. The van der Waals surface area contributed by atoms with E-state index in [1.54, 1.807) is 30.2 Å². The smallest absolute Gasteiger partial charge is 0.410 e. The predicted molar refractivity (Wildman–Crippen MR) is 134 cm³/mol. The Morgan fingerprint density at radius 1 is 1.06 bits per heavy atom. The second-order valence-corrected chi connectivity index (χ2v) is 9.84. The van der Waals surface area contributed by atoms with Crippen molar-refractivity contribution in [1.29, 1.82) is 0 Å². The first-order valence-corrected chi connectivity index (χ1v) is 12.0. The maximum Gasteiger partial charge on any atom is 0.410 e. The van der Waals surface area contributed by atoms with Crippen molar-refractivity contribution in [1.82, 2.24) is 4.90 Å². The van der Waals surface area contributed by atoms with Gasteiger partial charge < -0.3 is 23.8 Å². The van der Waals surface area contributed by atoms with Gasteiger partial charge in [0.05, 0.1) is 20.8 Å². The Bertz CT molecular complexity index is 955. The zero-order valence-corrected chi connectivity index (χ0v) is 22.3. The van der Waals surface area contributed by atoms with Gasteiger partial charge in [0.1, 0.15) is 22.7 Å². The monoisotopic (exact) mass is 535 g/mol. The third kappa shape index (κ3) is 8.56. The lowest BCUT2D eigenvalue weighted by Crippen LogP contribution is -2.41. The number of rotatable bonds is 10. The Hall–Kier alpha value is -2.74. The van der Waals surface area contributed by atoms with Gasteiger partial charge in [0.25, 0.3) is 0 Å². The molecule has 1 amide bonds. The van der Waals surface area contributed by atoms with Crippen LogP contribution >= 0.6 is 15.9 Å². The molecule has 0 aromatic heterocycles. The molecule has 0 spiro atoms. The van der Waals surface area contributed by atoms with Crippen LogP contribution in [0.25, 0.3) is 0 Å². The van der Waals surface area contributed by atoms with Gasteiger partial charge in [-0.15, -0.1) is 0 Å². The van der Waals surface area contributed by atoms with Gasteiger partial charge in [-0.2, -0.15) is 0 Å². The molecule has 0 bridgehead atoms. The molecule has 0 unspecified atom stereocenters. The molecule has 2 aromatic rings. The molecule has 1 atom stereocenters. The topological polar surface area (TPSA) is 74.3 Å². The van der Waals surface area contributed by atoms with Crippen molar-refractivity contribution in [2.45, 2.75) is 58.7 Å². The lowest BCUT2D eigenvalue weighted by molar-refractivity contribution is 0.0143. The Kier molecular flexibility index (Phi) is 10.2. The van der Waals surface area contributed by atoms with Crippen molar-refractivity contribution >= 4 is 28.0 Å². The normalized spacial score (nSPS) is 12.0. The quantitative estimate of drug-likeness (QED) is 0.265. The van der Waals surface area contributed by atoms with Gasteiger partial charge in [0, 0.05) is 17.1 Å². The maximum absolute atomic E-state index is 13.0. The number of nitrogens with zero attached hydrogens (tertiary/aromatic N) is 1. The van der Waals surface area contributed by atoms with Crippen LogP contribution in [0.4, 0.5) is 4.79 Å². The van der Waals surface area contributed by atoms with E-state index in [9.17, 15) is 9.59 Å². The average molecular weight is 536 g/mol. The summed E-state index contributed by atoms with van der Waals surface area (Å²) in [5.74, 6) is 0.763. The largest absolute Gasteiger partial charge is 0.497 e. The summed E-state index contributed by atoms with van der Waals surface area (Å²) in [6.45, 7) is 8.35. The fraction of sp³-hybridized carbons (Fsp3) is 0.462. The van der Waals surface area contributed by atoms with E-state index in [0.29, 0.717) is 37.3 Å². The summed E-state index contributed by atoms with van der Waals surface area (Å²) < 4.78 is 22.4. The summed E-state index contributed by atoms with van der Waals surface area (Å²) >= 11 is 3.40. The van der Waals surface area contributed by atoms with E-state index >= 15 is 0 Å². The molecule has 186 valence electrons. The molecule has 0 fully saturated rings. The first kappa shape index (κ1) is 27.5. The van der Waals surface area contributed by atoms with Crippen molar-refractivity contribution < 1.29 is 28.5 Å². The summed E-state index contributed by atoms with van der Waals surface area (Å²) in [4.78, 5) is 26.7. The molecular weight excluding hydrogens is 502 g/mol. The summed E-state index contributed by atoms with van der Waals surface area (Å²) in [6.07, 6.45) is 1.00. The van der Waals surface area contributed by atoms with Crippen LogP contribution in [0.15, 0.2) is 46.9 Å². The number of hydrogen-bond acceptors (Lipinski definition) is 6. The van der Waals surface area contributed by atoms with E-state index in [1.807, 2.05) is 52.0 Å².